The molecule has 0 saturated carbocycles. The smallest absolute Gasteiger partial charge is 0.207 e. The zero-order valence-corrected chi connectivity index (χ0v) is 25.6. The standard InChI is InChI=1S/C32H40N2O4S2/c1-7-19-33(39(35,36)31-15-9-25(3)10-16-31)23-29-14-13-27(5)28(6)21-30(22-29)24-34(20-8-2)40(37,38)32-17-11-26(4)12-18-32/h7-12,14-18,22H,1-2,13,19-21,23-24H2,3-6H3/b28-27-,29-14+,30-22+. The van der Waals surface area contributed by atoms with Crippen LogP contribution in [0.15, 0.2) is 118 Å². The van der Waals surface area contributed by atoms with Gasteiger partial charge >= 0.3 is 0 Å². The maximum absolute atomic E-state index is 13.6. The molecular formula is C32H40N2O4S2. The summed E-state index contributed by atoms with van der Waals surface area (Å²) in [6, 6.07) is 13.6. The Morgan fingerprint density at radius 1 is 0.700 bits per heavy atom. The van der Waals surface area contributed by atoms with Crippen molar-refractivity contribution in [2.24, 2.45) is 0 Å². The van der Waals surface area contributed by atoms with Gasteiger partial charge in [0, 0.05) is 26.2 Å². The Hall–Kier alpha value is -3.04. The first-order chi connectivity index (χ1) is 18.9. The van der Waals surface area contributed by atoms with Gasteiger partial charge in [0.1, 0.15) is 0 Å². The molecule has 8 heteroatoms. The van der Waals surface area contributed by atoms with Crippen LogP contribution in [0.5, 0.6) is 0 Å². The number of hydrogen-bond acceptors (Lipinski definition) is 4. The van der Waals surface area contributed by atoms with Gasteiger partial charge in [-0.2, -0.15) is 8.61 Å². The molecule has 40 heavy (non-hydrogen) atoms. The van der Waals surface area contributed by atoms with Crippen LogP contribution in [-0.4, -0.2) is 51.6 Å². The SMILES string of the molecule is C=CCN(CC1=C/C/C(C)=C(/C)C/C(CN(CC=C)S(=O)(=O)c2ccc(C)cc2)=C\1)S(=O)(=O)c1ccc(C)cc1. The normalized spacial score (nSPS) is 19.4. The Kier molecular flexibility index (Phi) is 10.7. The van der Waals surface area contributed by atoms with Gasteiger partial charge in [0.05, 0.1) is 9.79 Å². The van der Waals surface area contributed by atoms with Crippen LogP contribution in [-0.2, 0) is 20.0 Å². The van der Waals surface area contributed by atoms with Crippen molar-refractivity contribution in [3.8, 4) is 0 Å². The van der Waals surface area contributed by atoms with Gasteiger partial charge in [0.2, 0.25) is 20.0 Å². The molecule has 0 unspecified atom stereocenters. The van der Waals surface area contributed by atoms with Gasteiger partial charge in [-0.15, -0.1) is 13.2 Å². The average molecular weight is 581 g/mol. The molecule has 1 aliphatic rings. The van der Waals surface area contributed by atoms with E-state index in [9.17, 15) is 16.8 Å². The lowest BCUT2D eigenvalue weighted by Gasteiger charge is -2.26. The summed E-state index contributed by atoms with van der Waals surface area (Å²) in [4.78, 5) is 0.454. The number of hydrogen-bond donors (Lipinski definition) is 0. The third kappa shape index (κ3) is 7.79. The van der Waals surface area contributed by atoms with Crippen LogP contribution in [0.4, 0.5) is 0 Å². The van der Waals surface area contributed by atoms with E-state index in [-0.39, 0.29) is 36.0 Å². The largest absolute Gasteiger partial charge is 0.243 e. The number of aryl methyl sites for hydroxylation is 2. The van der Waals surface area contributed by atoms with Crippen LogP contribution in [0.2, 0.25) is 0 Å². The van der Waals surface area contributed by atoms with Gasteiger partial charge in [-0.05, 0) is 70.4 Å². The first-order valence-corrected chi connectivity index (χ1v) is 16.2. The molecule has 0 fully saturated rings. The van der Waals surface area contributed by atoms with E-state index in [1.54, 1.807) is 60.7 Å². The topological polar surface area (TPSA) is 74.8 Å². The molecule has 0 aromatic heterocycles. The third-order valence-corrected chi connectivity index (χ3v) is 10.7. The van der Waals surface area contributed by atoms with Crippen molar-refractivity contribution in [1.82, 2.24) is 8.61 Å². The molecule has 0 saturated heterocycles. The molecule has 0 aliphatic heterocycles. The van der Waals surface area contributed by atoms with Gasteiger partial charge < -0.3 is 0 Å². The highest BCUT2D eigenvalue weighted by molar-refractivity contribution is 7.89. The van der Waals surface area contributed by atoms with Crippen LogP contribution in [0.25, 0.3) is 0 Å². The van der Waals surface area contributed by atoms with Gasteiger partial charge in [-0.1, -0.05) is 76.4 Å². The van der Waals surface area contributed by atoms with Gasteiger partial charge in [-0.3, -0.25) is 0 Å². The van der Waals surface area contributed by atoms with E-state index in [2.05, 4.69) is 27.0 Å². The minimum Gasteiger partial charge on any atom is -0.207 e. The highest BCUT2D eigenvalue weighted by atomic mass is 32.2. The Balaban J connectivity index is 1.99. The minimum atomic E-state index is -3.78. The summed E-state index contributed by atoms with van der Waals surface area (Å²) in [5.41, 5.74) is 6.00. The van der Waals surface area contributed by atoms with Crippen molar-refractivity contribution in [3.05, 3.63) is 119 Å². The molecule has 6 nitrogen and oxygen atoms in total. The number of nitrogens with zero attached hydrogens (tertiary/aromatic N) is 2. The van der Waals surface area contributed by atoms with E-state index in [4.69, 9.17) is 0 Å². The number of allylic oxidation sites excluding steroid dienone is 3. The van der Waals surface area contributed by atoms with E-state index in [1.807, 2.05) is 26.0 Å². The lowest BCUT2D eigenvalue weighted by molar-refractivity contribution is 0.462. The first-order valence-electron chi connectivity index (χ1n) is 13.3. The lowest BCUT2D eigenvalue weighted by atomic mass is 9.94. The molecule has 0 atom stereocenters. The predicted octanol–water partition coefficient (Wildman–Crippen LogP) is 6.34. The molecule has 3 rings (SSSR count). The molecule has 0 spiro atoms. The lowest BCUT2D eigenvalue weighted by Crippen LogP contribution is -2.34. The number of sulfonamides is 2. The molecule has 0 bridgehead atoms. The third-order valence-electron chi connectivity index (χ3n) is 7.00. The van der Waals surface area contributed by atoms with Crippen molar-refractivity contribution in [2.45, 2.75) is 50.3 Å². The maximum Gasteiger partial charge on any atom is 0.243 e. The number of rotatable bonds is 12. The fourth-order valence-electron chi connectivity index (χ4n) is 4.47. The van der Waals surface area contributed by atoms with E-state index in [1.165, 1.54) is 19.8 Å². The van der Waals surface area contributed by atoms with Gasteiger partial charge in [-0.25, -0.2) is 16.8 Å². The zero-order valence-electron chi connectivity index (χ0n) is 23.9. The molecule has 0 heterocycles. The fourth-order valence-corrected chi connectivity index (χ4v) is 7.28. The summed E-state index contributed by atoms with van der Waals surface area (Å²) >= 11 is 0. The molecule has 0 N–H and O–H groups in total. The quantitative estimate of drug-likeness (QED) is 0.275. The second kappa shape index (κ2) is 13.5. The van der Waals surface area contributed by atoms with Crippen LogP contribution in [0.3, 0.4) is 0 Å². The summed E-state index contributed by atoms with van der Waals surface area (Å²) in [6.07, 6.45) is 8.43. The van der Waals surface area contributed by atoms with Crippen molar-refractivity contribution in [3.63, 3.8) is 0 Å². The van der Waals surface area contributed by atoms with Crippen molar-refractivity contribution < 1.29 is 16.8 Å². The molecule has 2 aromatic carbocycles. The predicted molar refractivity (Wildman–Crippen MR) is 164 cm³/mol. The van der Waals surface area contributed by atoms with Crippen molar-refractivity contribution in [1.29, 1.82) is 0 Å². The van der Waals surface area contributed by atoms with Crippen LogP contribution >= 0.6 is 0 Å². The Labute approximate surface area is 240 Å². The van der Waals surface area contributed by atoms with Gasteiger partial charge in [0.15, 0.2) is 0 Å². The second-order valence-electron chi connectivity index (χ2n) is 10.3. The number of benzene rings is 2. The minimum absolute atomic E-state index is 0.143. The van der Waals surface area contributed by atoms with E-state index >= 15 is 0 Å². The summed E-state index contributed by atoms with van der Waals surface area (Å²) < 4.78 is 57.1. The van der Waals surface area contributed by atoms with E-state index < -0.39 is 20.0 Å². The highest BCUT2D eigenvalue weighted by Crippen LogP contribution is 2.27. The van der Waals surface area contributed by atoms with E-state index in [0.717, 1.165) is 22.3 Å². The second-order valence-corrected chi connectivity index (χ2v) is 14.2. The Bertz CT molecular complexity index is 1530. The van der Waals surface area contributed by atoms with Crippen molar-refractivity contribution in [2.75, 3.05) is 26.2 Å². The molecular weight excluding hydrogens is 540 g/mol. The first kappa shape index (κ1) is 31.5. The van der Waals surface area contributed by atoms with Crippen LogP contribution in [0, 0.1) is 13.8 Å². The molecule has 2 aromatic rings. The molecule has 0 radical (unpaired) electrons. The average Bonchev–Trinajstić information content (AvgIpc) is 2.90. The summed E-state index contributed by atoms with van der Waals surface area (Å²) in [5.74, 6) is 0. The zero-order chi connectivity index (χ0) is 29.5. The van der Waals surface area contributed by atoms with Crippen LogP contribution < -0.4 is 0 Å². The highest BCUT2D eigenvalue weighted by Gasteiger charge is 2.27. The molecule has 0 amide bonds. The summed E-state index contributed by atoms with van der Waals surface area (Å²) in [5, 5.41) is 0. The van der Waals surface area contributed by atoms with Crippen molar-refractivity contribution >= 4 is 20.0 Å². The fraction of sp³-hybridized carbons (Fsp3) is 0.312. The Morgan fingerprint density at radius 2 is 1.15 bits per heavy atom. The monoisotopic (exact) mass is 580 g/mol. The Morgan fingerprint density at radius 3 is 1.60 bits per heavy atom. The van der Waals surface area contributed by atoms with E-state index in [0.29, 0.717) is 12.8 Å². The van der Waals surface area contributed by atoms with Gasteiger partial charge in [0.25, 0.3) is 0 Å². The molecule has 1 aliphatic carbocycles. The summed E-state index contributed by atoms with van der Waals surface area (Å²) in [6.45, 7) is 16.1. The molecule has 214 valence electrons. The maximum atomic E-state index is 13.6. The summed E-state index contributed by atoms with van der Waals surface area (Å²) in [7, 11) is -7.55. The van der Waals surface area contributed by atoms with Crippen LogP contribution in [0.1, 0.15) is 37.8 Å².